The highest BCUT2D eigenvalue weighted by Gasteiger charge is 2.10. The van der Waals surface area contributed by atoms with Crippen molar-refractivity contribution < 1.29 is 14.3 Å². The van der Waals surface area contributed by atoms with Crippen molar-refractivity contribution >= 4 is 11.7 Å². The number of carbonyl (C=O) groups excluding carboxylic acids is 2. The number of rotatable bonds is 9. The van der Waals surface area contributed by atoms with Crippen LogP contribution in [0.2, 0.25) is 0 Å². The minimum absolute atomic E-state index is 0.0164. The molecule has 6 nitrogen and oxygen atoms in total. The lowest BCUT2D eigenvalue weighted by molar-refractivity contribution is -0.132. The van der Waals surface area contributed by atoms with Gasteiger partial charge in [-0.3, -0.25) is 14.3 Å². The van der Waals surface area contributed by atoms with E-state index in [1.165, 1.54) is 0 Å². The van der Waals surface area contributed by atoms with Gasteiger partial charge < -0.3 is 9.64 Å². The molecular weight excluding hydrogens is 330 g/mol. The Morgan fingerprint density at radius 3 is 2.46 bits per heavy atom. The molecule has 1 heterocycles. The van der Waals surface area contributed by atoms with Crippen molar-refractivity contribution in [1.82, 2.24) is 14.7 Å². The van der Waals surface area contributed by atoms with Crippen LogP contribution < -0.4 is 4.74 Å². The van der Waals surface area contributed by atoms with Crippen LogP contribution in [0, 0.1) is 13.8 Å². The van der Waals surface area contributed by atoms with E-state index in [0.29, 0.717) is 24.3 Å². The number of aromatic nitrogens is 2. The first-order valence-corrected chi connectivity index (χ1v) is 8.91. The van der Waals surface area contributed by atoms with Gasteiger partial charge >= 0.3 is 0 Å². The smallest absolute Gasteiger partial charge is 0.260 e. The highest BCUT2D eigenvalue weighted by atomic mass is 16.5. The molecule has 1 aromatic carbocycles. The molecule has 0 aliphatic rings. The summed E-state index contributed by atoms with van der Waals surface area (Å²) in [5.41, 5.74) is 2.80. The summed E-state index contributed by atoms with van der Waals surface area (Å²) in [4.78, 5) is 25.4. The first-order chi connectivity index (χ1) is 12.4. The molecule has 0 saturated carbocycles. The topological polar surface area (TPSA) is 64.4 Å². The number of likely N-dealkylation sites (N-methyl/N-ethyl adjacent to an activating group) is 1. The molecule has 0 fully saturated rings. The zero-order valence-electron chi connectivity index (χ0n) is 16.0. The molecule has 0 bridgehead atoms. The fourth-order valence-electron chi connectivity index (χ4n) is 2.68. The standard InChI is InChI=1S/C20H27N3O3/c1-5-19(24)17-7-9-18(10-8-17)26-14-20(25)22(4)11-6-12-23-16(3)13-15(2)21-23/h7-10,13H,5-6,11-12,14H2,1-4H3. The highest BCUT2D eigenvalue weighted by Crippen LogP contribution is 2.13. The average Bonchev–Trinajstić information content (AvgIpc) is 2.96. The second kappa shape index (κ2) is 9.17. The molecule has 0 atom stereocenters. The molecule has 2 aromatic rings. The van der Waals surface area contributed by atoms with E-state index in [-0.39, 0.29) is 18.3 Å². The summed E-state index contributed by atoms with van der Waals surface area (Å²) in [6.07, 6.45) is 1.30. The van der Waals surface area contributed by atoms with E-state index in [2.05, 4.69) is 5.10 Å². The number of ether oxygens (including phenoxy) is 1. The molecule has 1 aromatic heterocycles. The summed E-state index contributed by atoms with van der Waals surface area (Å²) >= 11 is 0. The van der Waals surface area contributed by atoms with Gasteiger partial charge in [0.25, 0.3) is 5.91 Å². The number of benzene rings is 1. The Morgan fingerprint density at radius 2 is 1.88 bits per heavy atom. The van der Waals surface area contributed by atoms with Crippen molar-refractivity contribution in [3.05, 3.63) is 47.3 Å². The van der Waals surface area contributed by atoms with Gasteiger partial charge in [-0.15, -0.1) is 0 Å². The van der Waals surface area contributed by atoms with E-state index in [9.17, 15) is 9.59 Å². The van der Waals surface area contributed by atoms with Crippen LogP contribution in [0.3, 0.4) is 0 Å². The maximum atomic E-state index is 12.2. The third-order valence-corrected chi connectivity index (χ3v) is 4.25. The van der Waals surface area contributed by atoms with Crippen LogP contribution in [0.4, 0.5) is 0 Å². The van der Waals surface area contributed by atoms with Crippen molar-refractivity contribution in [1.29, 1.82) is 0 Å². The number of ketones is 1. The number of aryl methyl sites for hydroxylation is 3. The normalized spacial score (nSPS) is 10.6. The molecule has 0 N–H and O–H groups in total. The van der Waals surface area contributed by atoms with E-state index in [1.54, 1.807) is 36.2 Å². The molecular formula is C20H27N3O3. The highest BCUT2D eigenvalue weighted by molar-refractivity contribution is 5.95. The molecule has 0 spiro atoms. The molecule has 26 heavy (non-hydrogen) atoms. The molecule has 0 aliphatic heterocycles. The van der Waals surface area contributed by atoms with Crippen LogP contribution in [-0.4, -0.2) is 46.6 Å². The lowest BCUT2D eigenvalue weighted by Crippen LogP contribution is -2.32. The molecule has 6 heteroatoms. The Balaban J connectivity index is 1.74. The summed E-state index contributed by atoms with van der Waals surface area (Å²) in [6, 6.07) is 8.94. The lowest BCUT2D eigenvalue weighted by atomic mass is 10.1. The summed E-state index contributed by atoms with van der Waals surface area (Å²) in [5, 5.41) is 4.42. The van der Waals surface area contributed by atoms with Crippen molar-refractivity contribution in [3.8, 4) is 5.75 Å². The number of hydrogen-bond donors (Lipinski definition) is 0. The number of amides is 1. The number of nitrogens with zero attached hydrogens (tertiary/aromatic N) is 3. The van der Waals surface area contributed by atoms with Gasteiger partial charge in [0.2, 0.25) is 0 Å². The molecule has 0 saturated heterocycles. The van der Waals surface area contributed by atoms with Gasteiger partial charge in [0.05, 0.1) is 5.69 Å². The predicted octanol–water partition coefficient (Wildman–Crippen LogP) is 3.02. The van der Waals surface area contributed by atoms with Crippen LogP contribution in [0.25, 0.3) is 0 Å². The minimum atomic E-state index is -0.0768. The monoisotopic (exact) mass is 357 g/mol. The maximum absolute atomic E-state index is 12.2. The molecule has 140 valence electrons. The summed E-state index contributed by atoms with van der Waals surface area (Å²) < 4.78 is 7.49. The van der Waals surface area contributed by atoms with E-state index in [1.807, 2.05) is 31.5 Å². The number of Topliss-reactive ketones (excluding diaryl/α,β-unsaturated/α-hetero) is 1. The largest absolute Gasteiger partial charge is 0.484 e. The van der Waals surface area contributed by atoms with Gasteiger partial charge in [0, 0.05) is 37.8 Å². The van der Waals surface area contributed by atoms with Gasteiger partial charge in [0.1, 0.15) is 5.75 Å². The third kappa shape index (κ3) is 5.44. The molecule has 0 radical (unpaired) electrons. The van der Waals surface area contributed by atoms with Gasteiger partial charge in [0.15, 0.2) is 12.4 Å². The zero-order chi connectivity index (χ0) is 19.1. The fourth-order valence-corrected chi connectivity index (χ4v) is 2.68. The third-order valence-electron chi connectivity index (χ3n) is 4.25. The predicted molar refractivity (Wildman–Crippen MR) is 101 cm³/mol. The van der Waals surface area contributed by atoms with Gasteiger partial charge in [-0.25, -0.2) is 0 Å². The second-order valence-electron chi connectivity index (χ2n) is 6.41. The van der Waals surface area contributed by atoms with E-state index in [4.69, 9.17) is 4.74 Å². The van der Waals surface area contributed by atoms with E-state index in [0.717, 1.165) is 24.4 Å². The fraction of sp³-hybridized carbons (Fsp3) is 0.450. The van der Waals surface area contributed by atoms with Gasteiger partial charge in [-0.1, -0.05) is 6.92 Å². The first-order valence-electron chi connectivity index (χ1n) is 8.91. The van der Waals surface area contributed by atoms with Gasteiger partial charge in [-0.2, -0.15) is 5.10 Å². The zero-order valence-corrected chi connectivity index (χ0v) is 16.0. The maximum Gasteiger partial charge on any atom is 0.260 e. The Morgan fingerprint density at radius 1 is 1.19 bits per heavy atom. The lowest BCUT2D eigenvalue weighted by Gasteiger charge is -2.17. The SMILES string of the molecule is CCC(=O)c1ccc(OCC(=O)N(C)CCCn2nc(C)cc2C)cc1. The van der Waals surface area contributed by atoms with Crippen LogP contribution in [0.5, 0.6) is 5.75 Å². The quantitative estimate of drug-likeness (QED) is 0.647. The number of carbonyl (C=O) groups is 2. The molecule has 0 aliphatic carbocycles. The van der Waals surface area contributed by atoms with Crippen molar-refractivity contribution in [2.45, 2.75) is 40.2 Å². The van der Waals surface area contributed by atoms with Crippen LogP contribution in [-0.2, 0) is 11.3 Å². The van der Waals surface area contributed by atoms with Crippen LogP contribution in [0.15, 0.2) is 30.3 Å². The van der Waals surface area contributed by atoms with Crippen LogP contribution >= 0.6 is 0 Å². The number of hydrogen-bond acceptors (Lipinski definition) is 4. The van der Waals surface area contributed by atoms with E-state index < -0.39 is 0 Å². The summed E-state index contributed by atoms with van der Waals surface area (Å²) in [6.45, 7) is 7.24. The molecule has 2 rings (SSSR count). The Labute approximate surface area is 154 Å². The van der Waals surface area contributed by atoms with Crippen molar-refractivity contribution in [2.75, 3.05) is 20.2 Å². The van der Waals surface area contributed by atoms with Crippen LogP contribution in [0.1, 0.15) is 41.5 Å². The Hall–Kier alpha value is -2.63. The average molecular weight is 357 g/mol. The van der Waals surface area contributed by atoms with Crippen molar-refractivity contribution in [2.24, 2.45) is 0 Å². The molecule has 0 unspecified atom stereocenters. The first kappa shape index (κ1) is 19.7. The second-order valence-corrected chi connectivity index (χ2v) is 6.41. The summed E-state index contributed by atoms with van der Waals surface area (Å²) in [5.74, 6) is 0.601. The Bertz CT molecular complexity index is 750. The molecule has 1 amide bonds. The van der Waals surface area contributed by atoms with Gasteiger partial charge in [-0.05, 0) is 50.6 Å². The summed E-state index contributed by atoms with van der Waals surface area (Å²) in [7, 11) is 1.77. The van der Waals surface area contributed by atoms with Crippen molar-refractivity contribution in [3.63, 3.8) is 0 Å². The van der Waals surface area contributed by atoms with E-state index >= 15 is 0 Å². The minimum Gasteiger partial charge on any atom is -0.484 e. The Kier molecular flexibility index (Phi) is 6.95.